The minimum atomic E-state index is -0.656. The Hall–Kier alpha value is -0.860. The quantitative estimate of drug-likeness (QED) is 0.536. The lowest BCUT2D eigenvalue weighted by atomic mass is 9.69. The molecule has 0 atom stereocenters. The predicted molar refractivity (Wildman–Crippen MR) is 59.2 cm³/mol. The standard InChI is InChI=1S/C12H22O3/c1-7-8-9(13)15-10(14)12(5,6)11(2,3)4/h7-8H2,1-6H3. The lowest BCUT2D eigenvalue weighted by Gasteiger charge is -2.35. The van der Waals surface area contributed by atoms with Crippen molar-refractivity contribution in [3.05, 3.63) is 0 Å². The fraction of sp³-hybridized carbons (Fsp3) is 0.833. The first-order valence-electron chi connectivity index (χ1n) is 5.38. The van der Waals surface area contributed by atoms with Crippen LogP contribution in [0.2, 0.25) is 0 Å². The van der Waals surface area contributed by atoms with Gasteiger partial charge < -0.3 is 4.74 Å². The first-order valence-corrected chi connectivity index (χ1v) is 5.38. The molecule has 0 aliphatic heterocycles. The van der Waals surface area contributed by atoms with E-state index in [0.29, 0.717) is 12.8 Å². The smallest absolute Gasteiger partial charge is 0.319 e. The Morgan fingerprint density at radius 1 is 1.07 bits per heavy atom. The second-order valence-electron chi connectivity index (χ2n) is 5.39. The van der Waals surface area contributed by atoms with Crippen molar-refractivity contribution in [2.75, 3.05) is 0 Å². The molecule has 0 bridgehead atoms. The van der Waals surface area contributed by atoms with Crippen LogP contribution >= 0.6 is 0 Å². The van der Waals surface area contributed by atoms with E-state index in [-0.39, 0.29) is 5.41 Å². The molecule has 3 nitrogen and oxygen atoms in total. The van der Waals surface area contributed by atoms with E-state index in [0.717, 1.165) is 0 Å². The molecule has 0 rings (SSSR count). The van der Waals surface area contributed by atoms with Crippen molar-refractivity contribution in [1.29, 1.82) is 0 Å². The second kappa shape index (κ2) is 4.77. The number of carbonyl (C=O) groups excluding carboxylic acids is 2. The Balaban J connectivity index is 4.52. The maximum atomic E-state index is 11.8. The van der Waals surface area contributed by atoms with Crippen LogP contribution in [0.1, 0.15) is 54.4 Å². The van der Waals surface area contributed by atoms with Crippen molar-refractivity contribution in [3.8, 4) is 0 Å². The van der Waals surface area contributed by atoms with Crippen LogP contribution in [0.3, 0.4) is 0 Å². The van der Waals surface area contributed by atoms with E-state index in [9.17, 15) is 9.59 Å². The van der Waals surface area contributed by atoms with E-state index in [2.05, 4.69) is 0 Å². The number of rotatable bonds is 3. The molecular weight excluding hydrogens is 192 g/mol. The van der Waals surface area contributed by atoms with Crippen LogP contribution in [-0.2, 0) is 14.3 Å². The van der Waals surface area contributed by atoms with Gasteiger partial charge in [0.25, 0.3) is 0 Å². The molecule has 0 unspecified atom stereocenters. The fourth-order valence-corrected chi connectivity index (χ4v) is 0.792. The maximum Gasteiger partial charge on any atom is 0.319 e. The molecule has 0 amide bonds. The van der Waals surface area contributed by atoms with Crippen LogP contribution in [0.15, 0.2) is 0 Å². The van der Waals surface area contributed by atoms with Gasteiger partial charge in [-0.2, -0.15) is 0 Å². The van der Waals surface area contributed by atoms with Gasteiger partial charge >= 0.3 is 11.9 Å². The lowest BCUT2D eigenvalue weighted by Crippen LogP contribution is -2.39. The highest BCUT2D eigenvalue weighted by Crippen LogP contribution is 2.38. The van der Waals surface area contributed by atoms with Crippen LogP contribution in [0, 0.1) is 10.8 Å². The fourth-order valence-electron chi connectivity index (χ4n) is 0.792. The first kappa shape index (κ1) is 14.1. The Morgan fingerprint density at radius 3 is 1.87 bits per heavy atom. The number of esters is 2. The molecule has 0 aromatic heterocycles. The summed E-state index contributed by atoms with van der Waals surface area (Å²) in [4.78, 5) is 22.9. The summed E-state index contributed by atoms with van der Waals surface area (Å²) in [7, 11) is 0. The summed E-state index contributed by atoms with van der Waals surface area (Å²) >= 11 is 0. The number of hydrogen-bond acceptors (Lipinski definition) is 3. The van der Waals surface area contributed by atoms with Gasteiger partial charge in [-0.05, 0) is 25.7 Å². The Kier molecular flexibility index (Phi) is 4.50. The molecule has 15 heavy (non-hydrogen) atoms. The largest absolute Gasteiger partial charge is 0.393 e. The van der Waals surface area contributed by atoms with Crippen molar-refractivity contribution in [2.45, 2.75) is 54.4 Å². The summed E-state index contributed by atoms with van der Waals surface area (Å²) in [5, 5.41) is 0. The van der Waals surface area contributed by atoms with Gasteiger partial charge in [0.05, 0.1) is 5.41 Å². The highest BCUT2D eigenvalue weighted by atomic mass is 16.6. The van der Waals surface area contributed by atoms with Crippen LogP contribution in [-0.4, -0.2) is 11.9 Å². The monoisotopic (exact) mass is 214 g/mol. The summed E-state index contributed by atoms with van der Waals surface area (Å²) in [5.74, 6) is -0.867. The summed E-state index contributed by atoms with van der Waals surface area (Å²) in [6, 6.07) is 0. The van der Waals surface area contributed by atoms with Crippen LogP contribution < -0.4 is 0 Å². The van der Waals surface area contributed by atoms with Gasteiger partial charge in [0.15, 0.2) is 0 Å². The predicted octanol–water partition coefficient (Wildman–Crippen LogP) is 2.93. The molecule has 88 valence electrons. The molecule has 0 aromatic rings. The molecule has 0 spiro atoms. The molecule has 0 aliphatic rings. The zero-order chi connectivity index (χ0) is 12.3. The van der Waals surface area contributed by atoms with Crippen molar-refractivity contribution < 1.29 is 14.3 Å². The van der Waals surface area contributed by atoms with Crippen molar-refractivity contribution >= 4 is 11.9 Å². The SMILES string of the molecule is CCCC(=O)OC(=O)C(C)(C)C(C)(C)C. The minimum Gasteiger partial charge on any atom is -0.393 e. The van der Waals surface area contributed by atoms with Crippen molar-refractivity contribution in [3.63, 3.8) is 0 Å². The van der Waals surface area contributed by atoms with E-state index < -0.39 is 17.4 Å². The highest BCUT2D eigenvalue weighted by Gasteiger charge is 2.41. The molecule has 0 aromatic carbocycles. The summed E-state index contributed by atoms with van der Waals surface area (Å²) in [6.45, 7) is 11.3. The topological polar surface area (TPSA) is 43.4 Å². The van der Waals surface area contributed by atoms with Gasteiger partial charge in [-0.1, -0.05) is 27.7 Å². The third-order valence-electron chi connectivity index (χ3n) is 3.05. The molecule has 3 heteroatoms. The van der Waals surface area contributed by atoms with Gasteiger partial charge in [-0.25, -0.2) is 0 Å². The van der Waals surface area contributed by atoms with E-state index in [1.807, 2.05) is 27.7 Å². The molecule has 0 N–H and O–H groups in total. The third-order valence-corrected chi connectivity index (χ3v) is 3.05. The highest BCUT2D eigenvalue weighted by molar-refractivity contribution is 5.88. The Bertz CT molecular complexity index is 246. The van der Waals surface area contributed by atoms with Crippen LogP contribution in [0.5, 0.6) is 0 Å². The second-order valence-corrected chi connectivity index (χ2v) is 5.39. The average molecular weight is 214 g/mol. The van der Waals surface area contributed by atoms with Gasteiger partial charge in [-0.3, -0.25) is 9.59 Å². The molecule has 0 saturated carbocycles. The van der Waals surface area contributed by atoms with E-state index in [1.54, 1.807) is 13.8 Å². The molecule has 0 heterocycles. The Labute approximate surface area is 92.2 Å². The first-order chi connectivity index (χ1) is 6.63. The van der Waals surface area contributed by atoms with Crippen LogP contribution in [0.25, 0.3) is 0 Å². The van der Waals surface area contributed by atoms with Gasteiger partial charge in [0, 0.05) is 6.42 Å². The molecule has 0 saturated heterocycles. The summed E-state index contributed by atoms with van der Waals surface area (Å²) < 4.78 is 4.80. The molecule has 0 fully saturated rings. The van der Waals surface area contributed by atoms with Gasteiger partial charge in [0.2, 0.25) is 0 Å². The molecule has 0 aliphatic carbocycles. The van der Waals surface area contributed by atoms with Gasteiger partial charge in [-0.15, -0.1) is 0 Å². The minimum absolute atomic E-state index is 0.226. The zero-order valence-corrected chi connectivity index (χ0v) is 10.6. The van der Waals surface area contributed by atoms with Crippen molar-refractivity contribution in [1.82, 2.24) is 0 Å². The summed E-state index contributed by atoms with van der Waals surface area (Å²) in [6.07, 6.45) is 0.994. The maximum absolute atomic E-state index is 11.8. The Morgan fingerprint density at radius 2 is 1.53 bits per heavy atom. The zero-order valence-electron chi connectivity index (χ0n) is 10.6. The normalized spacial score (nSPS) is 12.4. The number of hydrogen-bond donors (Lipinski definition) is 0. The number of carbonyl (C=O) groups is 2. The lowest BCUT2D eigenvalue weighted by molar-refractivity contribution is -0.170. The average Bonchev–Trinajstić information content (AvgIpc) is 2.02. The molecule has 0 radical (unpaired) electrons. The number of ether oxygens (including phenoxy) is 1. The van der Waals surface area contributed by atoms with Gasteiger partial charge in [0.1, 0.15) is 0 Å². The van der Waals surface area contributed by atoms with Crippen LogP contribution in [0.4, 0.5) is 0 Å². The van der Waals surface area contributed by atoms with E-state index in [4.69, 9.17) is 4.74 Å². The van der Waals surface area contributed by atoms with E-state index >= 15 is 0 Å². The van der Waals surface area contributed by atoms with Crippen molar-refractivity contribution in [2.24, 2.45) is 10.8 Å². The van der Waals surface area contributed by atoms with E-state index in [1.165, 1.54) is 0 Å². The summed E-state index contributed by atoms with van der Waals surface area (Å²) in [5.41, 5.74) is -0.882. The molecular formula is C12H22O3. The third kappa shape index (κ3) is 3.65.